The van der Waals surface area contributed by atoms with E-state index in [1.807, 2.05) is 6.07 Å². The standard InChI is InChI=1S/C19H21ClN4O3/c1-13(21-19(27)23-15-6-4-3-5-7-15)18(26)24(2)12-17(25)22-16-10-8-14(20)9-11-16/h3-11,13H,12H2,1-2H3,(H,22,25)(H2,21,23,27). The molecular weight excluding hydrogens is 368 g/mol. The number of carbonyl (C=O) groups excluding carboxylic acids is 3. The largest absolute Gasteiger partial charge is 0.335 e. The number of hydrogen-bond acceptors (Lipinski definition) is 3. The molecule has 0 radical (unpaired) electrons. The first kappa shape index (κ1) is 20.3. The van der Waals surface area contributed by atoms with Gasteiger partial charge in [0.1, 0.15) is 6.04 Å². The highest BCUT2D eigenvalue weighted by atomic mass is 35.5. The van der Waals surface area contributed by atoms with Crippen molar-refractivity contribution in [2.24, 2.45) is 0 Å². The molecule has 0 aliphatic rings. The third-order valence-corrected chi connectivity index (χ3v) is 3.89. The highest BCUT2D eigenvalue weighted by Crippen LogP contribution is 2.13. The van der Waals surface area contributed by atoms with E-state index in [-0.39, 0.29) is 18.4 Å². The van der Waals surface area contributed by atoms with Gasteiger partial charge in [0.2, 0.25) is 11.8 Å². The Kier molecular flexibility index (Phi) is 7.19. The van der Waals surface area contributed by atoms with Gasteiger partial charge < -0.3 is 20.9 Å². The van der Waals surface area contributed by atoms with Crippen molar-refractivity contribution in [3.63, 3.8) is 0 Å². The number of halogens is 1. The molecule has 142 valence electrons. The number of benzene rings is 2. The first-order chi connectivity index (χ1) is 12.8. The van der Waals surface area contributed by atoms with Gasteiger partial charge in [-0.3, -0.25) is 9.59 Å². The minimum atomic E-state index is -0.790. The zero-order chi connectivity index (χ0) is 19.8. The Morgan fingerprint density at radius 3 is 2.19 bits per heavy atom. The summed E-state index contributed by atoms with van der Waals surface area (Å²) in [7, 11) is 1.50. The Bertz CT molecular complexity index is 796. The summed E-state index contributed by atoms with van der Waals surface area (Å²) < 4.78 is 0. The van der Waals surface area contributed by atoms with Crippen LogP contribution in [0, 0.1) is 0 Å². The number of amides is 4. The highest BCUT2D eigenvalue weighted by molar-refractivity contribution is 6.30. The molecule has 0 saturated heterocycles. The van der Waals surface area contributed by atoms with Crippen LogP contribution in [-0.4, -0.2) is 42.4 Å². The van der Waals surface area contributed by atoms with Gasteiger partial charge in [-0.2, -0.15) is 0 Å². The Hall–Kier alpha value is -3.06. The number of para-hydroxylation sites is 1. The summed E-state index contributed by atoms with van der Waals surface area (Å²) in [5.74, 6) is -0.737. The van der Waals surface area contributed by atoms with Crippen molar-refractivity contribution in [2.75, 3.05) is 24.2 Å². The number of nitrogens with zero attached hydrogens (tertiary/aromatic N) is 1. The highest BCUT2D eigenvalue weighted by Gasteiger charge is 2.21. The molecule has 1 unspecified atom stereocenters. The molecule has 2 aromatic carbocycles. The van der Waals surface area contributed by atoms with Gasteiger partial charge in [-0.15, -0.1) is 0 Å². The molecule has 4 amide bonds. The van der Waals surface area contributed by atoms with Gasteiger partial charge >= 0.3 is 6.03 Å². The van der Waals surface area contributed by atoms with Crippen LogP contribution in [0.5, 0.6) is 0 Å². The first-order valence-electron chi connectivity index (χ1n) is 8.28. The summed E-state index contributed by atoms with van der Waals surface area (Å²) in [6.45, 7) is 1.41. The van der Waals surface area contributed by atoms with Crippen LogP contribution < -0.4 is 16.0 Å². The number of likely N-dealkylation sites (N-methyl/N-ethyl adjacent to an activating group) is 1. The average Bonchev–Trinajstić information content (AvgIpc) is 2.63. The molecule has 1 atom stereocenters. The lowest BCUT2D eigenvalue weighted by atomic mass is 10.3. The molecule has 0 heterocycles. The van der Waals surface area contributed by atoms with E-state index >= 15 is 0 Å². The van der Waals surface area contributed by atoms with Crippen molar-refractivity contribution in [3.05, 3.63) is 59.6 Å². The Morgan fingerprint density at radius 2 is 1.56 bits per heavy atom. The van der Waals surface area contributed by atoms with Crippen LogP contribution in [0.15, 0.2) is 54.6 Å². The monoisotopic (exact) mass is 388 g/mol. The van der Waals surface area contributed by atoms with Crippen molar-refractivity contribution >= 4 is 40.8 Å². The average molecular weight is 389 g/mol. The third kappa shape index (κ3) is 6.63. The molecule has 0 spiro atoms. The third-order valence-electron chi connectivity index (χ3n) is 3.63. The van der Waals surface area contributed by atoms with Gasteiger partial charge in [0, 0.05) is 23.4 Å². The van der Waals surface area contributed by atoms with E-state index in [1.165, 1.54) is 11.9 Å². The molecule has 0 fully saturated rings. The van der Waals surface area contributed by atoms with E-state index in [0.717, 1.165) is 0 Å². The molecule has 3 N–H and O–H groups in total. The van der Waals surface area contributed by atoms with Gasteiger partial charge in [-0.05, 0) is 43.3 Å². The van der Waals surface area contributed by atoms with E-state index in [9.17, 15) is 14.4 Å². The van der Waals surface area contributed by atoms with Crippen molar-refractivity contribution in [2.45, 2.75) is 13.0 Å². The molecule has 0 bridgehead atoms. The summed E-state index contributed by atoms with van der Waals surface area (Å²) in [6.07, 6.45) is 0. The number of nitrogens with one attached hydrogen (secondary N) is 3. The van der Waals surface area contributed by atoms with Gasteiger partial charge in [0.05, 0.1) is 6.54 Å². The molecule has 27 heavy (non-hydrogen) atoms. The number of anilines is 2. The van der Waals surface area contributed by atoms with E-state index in [1.54, 1.807) is 55.5 Å². The van der Waals surface area contributed by atoms with Crippen LogP contribution in [0.3, 0.4) is 0 Å². The summed E-state index contributed by atoms with van der Waals surface area (Å²) >= 11 is 5.80. The predicted octanol–water partition coefficient (Wildman–Crippen LogP) is 2.95. The Morgan fingerprint density at radius 1 is 0.963 bits per heavy atom. The topological polar surface area (TPSA) is 90.5 Å². The number of urea groups is 1. The van der Waals surface area contributed by atoms with Crippen LogP contribution in [0.2, 0.25) is 5.02 Å². The summed E-state index contributed by atoms with van der Waals surface area (Å²) in [5, 5.41) is 8.42. The second kappa shape index (κ2) is 9.59. The Balaban J connectivity index is 1.81. The molecule has 2 aromatic rings. The molecule has 0 saturated carbocycles. The van der Waals surface area contributed by atoms with Crippen LogP contribution >= 0.6 is 11.6 Å². The van der Waals surface area contributed by atoms with Crippen LogP contribution in [0.4, 0.5) is 16.2 Å². The first-order valence-corrected chi connectivity index (χ1v) is 8.66. The van der Waals surface area contributed by atoms with Crippen molar-refractivity contribution in [1.29, 1.82) is 0 Å². The van der Waals surface area contributed by atoms with Gasteiger partial charge in [-0.25, -0.2) is 4.79 Å². The normalized spacial score (nSPS) is 11.2. The number of rotatable bonds is 6. The second-order valence-electron chi connectivity index (χ2n) is 5.94. The summed E-state index contributed by atoms with van der Waals surface area (Å²) in [6, 6.07) is 14.2. The lowest BCUT2D eigenvalue weighted by molar-refractivity contribution is -0.134. The fourth-order valence-corrected chi connectivity index (χ4v) is 2.43. The fourth-order valence-electron chi connectivity index (χ4n) is 2.30. The maximum Gasteiger partial charge on any atom is 0.319 e. The van der Waals surface area contributed by atoms with Gasteiger partial charge in [0.15, 0.2) is 0 Å². The summed E-state index contributed by atoms with van der Waals surface area (Å²) in [5.41, 5.74) is 1.20. The maximum absolute atomic E-state index is 12.3. The quantitative estimate of drug-likeness (QED) is 0.710. The zero-order valence-electron chi connectivity index (χ0n) is 15.0. The lowest BCUT2D eigenvalue weighted by Crippen LogP contribution is -2.48. The molecule has 0 aliphatic heterocycles. The van der Waals surface area contributed by atoms with Gasteiger partial charge in [-0.1, -0.05) is 29.8 Å². The van der Waals surface area contributed by atoms with E-state index in [4.69, 9.17) is 11.6 Å². The van der Waals surface area contributed by atoms with Crippen LogP contribution in [0.25, 0.3) is 0 Å². The fraction of sp³-hybridized carbons (Fsp3) is 0.211. The summed E-state index contributed by atoms with van der Waals surface area (Å²) in [4.78, 5) is 37.6. The van der Waals surface area contributed by atoms with Gasteiger partial charge in [0.25, 0.3) is 0 Å². The SMILES string of the molecule is CC(NC(=O)Nc1ccccc1)C(=O)N(C)CC(=O)Nc1ccc(Cl)cc1. The van der Waals surface area contributed by atoms with Crippen molar-refractivity contribution in [1.82, 2.24) is 10.2 Å². The lowest BCUT2D eigenvalue weighted by Gasteiger charge is -2.22. The van der Waals surface area contributed by atoms with E-state index < -0.39 is 12.1 Å². The second-order valence-corrected chi connectivity index (χ2v) is 6.37. The zero-order valence-corrected chi connectivity index (χ0v) is 15.8. The smallest absolute Gasteiger partial charge is 0.319 e. The predicted molar refractivity (Wildman–Crippen MR) is 106 cm³/mol. The molecular formula is C19H21ClN4O3. The molecule has 0 aliphatic carbocycles. The minimum Gasteiger partial charge on any atom is -0.335 e. The van der Waals surface area contributed by atoms with Crippen LogP contribution in [-0.2, 0) is 9.59 Å². The Labute approximate surface area is 162 Å². The van der Waals surface area contributed by atoms with Crippen LogP contribution in [0.1, 0.15) is 6.92 Å². The molecule has 0 aromatic heterocycles. The molecule has 2 rings (SSSR count). The van der Waals surface area contributed by atoms with E-state index in [0.29, 0.717) is 16.4 Å². The molecule has 8 heteroatoms. The van der Waals surface area contributed by atoms with E-state index in [2.05, 4.69) is 16.0 Å². The minimum absolute atomic E-state index is 0.145. The molecule has 7 nitrogen and oxygen atoms in total. The number of hydrogen-bond donors (Lipinski definition) is 3. The van der Waals surface area contributed by atoms with Crippen molar-refractivity contribution in [3.8, 4) is 0 Å². The maximum atomic E-state index is 12.3. The van der Waals surface area contributed by atoms with Crippen molar-refractivity contribution < 1.29 is 14.4 Å². The number of carbonyl (C=O) groups is 3.